The highest BCUT2D eigenvalue weighted by molar-refractivity contribution is 9.11. The summed E-state index contributed by atoms with van der Waals surface area (Å²) >= 11 is 7.09. The molecule has 1 unspecified atom stereocenters. The number of likely N-dealkylation sites (N-methyl/N-ethyl adjacent to an activating group) is 1. The molecule has 0 aliphatic rings. The van der Waals surface area contributed by atoms with Crippen molar-refractivity contribution in [3.8, 4) is 5.75 Å². The molecule has 0 heterocycles. The summed E-state index contributed by atoms with van der Waals surface area (Å²) in [5, 5.41) is 0. The van der Waals surface area contributed by atoms with Gasteiger partial charge in [0.1, 0.15) is 12.4 Å². The Morgan fingerprint density at radius 1 is 1.28 bits per heavy atom. The second kappa shape index (κ2) is 7.48. The fourth-order valence-electron chi connectivity index (χ4n) is 1.57. The van der Waals surface area contributed by atoms with Crippen molar-refractivity contribution in [2.45, 2.75) is 19.4 Å². The smallest absolute Gasteiger partial charge is 0.147 e. The zero-order valence-electron chi connectivity index (χ0n) is 11.0. The molecule has 3 nitrogen and oxygen atoms in total. The highest BCUT2D eigenvalue weighted by Crippen LogP contribution is 2.35. The maximum atomic E-state index is 5.81. The lowest BCUT2D eigenvalue weighted by Crippen LogP contribution is -2.20. The van der Waals surface area contributed by atoms with Crippen LogP contribution in [0.2, 0.25) is 0 Å². The number of nitrogens with zero attached hydrogens (tertiary/aromatic N) is 1. The lowest BCUT2D eigenvalue weighted by atomic mass is 10.1. The van der Waals surface area contributed by atoms with Crippen molar-refractivity contribution in [1.29, 1.82) is 0 Å². The third-order valence-electron chi connectivity index (χ3n) is 2.40. The molecule has 102 valence electrons. The summed E-state index contributed by atoms with van der Waals surface area (Å²) in [5.41, 5.74) is 7.01. The van der Waals surface area contributed by atoms with Crippen molar-refractivity contribution >= 4 is 31.9 Å². The lowest BCUT2D eigenvalue weighted by molar-refractivity contribution is 0.259. The van der Waals surface area contributed by atoms with Crippen LogP contribution in [0.4, 0.5) is 0 Å². The van der Waals surface area contributed by atoms with E-state index in [0.29, 0.717) is 6.61 Å². The van der Waals surface area contributed by atoms with Gasteiger partial charge < -0.3 is 15.4 Å². The van der Waals surface area contributed by atoms with Crippen LogP contribution in [0.5, 0.6) is 5.75 Å². The van der Waals surface area contributed by atoms with Gasteiger partial charge in [-0.15, -0.1) is 0 Å². The summed E-state index contributed by atoms with van der Waals surface area (Å²) in [6, 6.07) is 4.29. The van der Waals surface area contributed by atoms with E-state index in [4.69, 9.17) is 10.5 Å². The Labute approximate surface area is 126 Å². The fraction of sp³-hybridized carbons (Fsp3) is 0.538. The molecule has 1 aromatic carbocycles. The Balaban J connectivity index is 2.74. The van der Waals surface area contributed by atoms with Crippen molar-refractivity contribution in [2.75, 3.05) is 27.2 Å². The number of hydrogen-bond acceptors (Lipinski definition) is 3. The SMILES string of the molecule is CC(N)Cc1cc(Br)c(OCCN(C)C)c(Br)c1. The molecule has 2 N–H and O–H groups in total. The van der Waals surface area contributed by atoms with Crippen LogP contribution >= 0.6 is 31.9 Å². The van der Waals surface area contributed by atoms with Gasteiger partial charge in [0.2, 0.25) is 0 Å². The maximum absolute atomic E-state index is 5.81. The minimum Gasteiger partial charge on any atom is -0.490 e. The highest BCUT2D eigenvalue weighted by Gasteiger charge is 2.10. The molecule has 0 bridgehead atoms. The number of benzene rings is 1. The van der Waals surface area contributed by atoms with Gasteiger partial charge in [-0.1, -0.05) is 0 Å². The monoisotopic (exact) mass is 378 g/mol. The van der Waals surface area contributed by atoms with Crippen LogP contribution in [-0.2, 0) is 6.42 Å². The summed E-state index contributed by atoms with van der Waals surface area (Å²) in [4.78, 5) is 2.09. The van der Waals surface area contributed by atoms with E-state index in [1.54, 1.807) is 0 Å². The van der Waals surface area contributed by atoms with Gasteiger partial charge in [-0.3, -0.25) is 0 Å². The minimum absolute atomic E-state index is 0.157. The third-order valence-corrected chi connectivity index (χ3v) is 3.58. The Bertz CT molecular complexity index is 372. The summed E-state index contributed by atoms with van der Waals surface area (Å²) in [6.07, 6.45) is 0.856. The number of rotatable bonds is 6. The normalized spacial score (nSPS) is 12.8. The molecule has 0 aromatic heterocycles. The highest BCUT2D eigenvalue weighted by atomic mass is 79.9. The van der Waals surface area contributed by atoms with Crippen LogP contribution in [0.15, 0.2) is 21.1 Å². The molecular formula is C13H20Br2N2O. The van der Waals surface area contributed by atoms with E-state index in [1.807, 2.05) is 21.0 Å². The van der Waals surface area contributed by atoms with E-state index >= 15 is 0 Å². The molecule has 0 aliphatic carbocycles. The summed E-state index contributed by atoms with van der Waals surface area (Å²) in [6.45, 7) is 3.56. The van der Waals surface area contributed by atoms with Gasteiger partial charge in [0.25, 0.3) is 0 Å². The molecule has 0 radical (unpaired) electrons. The second-order valence-electron chi connectivity index (χ2n) is 4.72. The van der Waals surface area contributed by atoms with Crippen molar-refractivity contribution in [1.82, 2.24) is 4.90 Å². The Kier molecular flexibility index (Phi) is 6.63. The molecule has 0 amide bonds. The molecule has 18 heavy (non-hydrogen) atoms. The second-order valence-corrected chi connectivity index (χ2v) is 6.43. The molecule has 1 aromatic rings. The molecule has 0 saturated heterocycles. The molecular weight excluding hydrogens is 360 g/mol. The summed E-state index contributed by atoms with van der Waals surface area (Å²) in [7, 11) is 4.05. The van der Waals surface area contributed by atoms with Crippen LogP contribution in [0.25, 0.3) is 0 Å². The van der Waals surface area contributed by atoms with E-state index in [1.165, 1.54) is 5.56 Å². The Morgan fingerprint density at radius 2 is 1.83 bits per heavy atom. The fourth-order valence-corrected chi connectivity index (χ4v) is 3.08. The van der Waals surface area contributed by atoms with Crippen LogP contribution in [0, 0.1) is 0 Å². The van der Waals surface area contributed by atoms with E-state index in [-0.39, 0.29) is 6.04 Å². The van der Waals surface area contributed by atoms with Gasteiger partial charge in [-0.2, -0.15) is 0 Å². The van der Waals surface area contributed by atoms with Crippen LogP contribution in [0.1, 0.15) is 12.5 Å². The minimum atomic E-state index is 0.157. The predicted octanol–water partition coefficient (Wildman–Crippen LogP) is 3.04. The van der Waals surface area contributed by atoms with Crippen molar-refractivity contribution < 1.29 is 4.74 Å². The molecule has 0 saturated carbocycles. The molecule has 1 atom stereocenters. The standard InChI is InChI=1S/C13H20Br2N2O/c1-9(16)6-10-7-11(14)13(12(15)8-10)18-5-4-17(2)3/h7-9H,4-6,16H2,1-3H3. The Hall–Kier alpha value is -0.100. The molecule has 5 heteroatoms. The van der Waals surface area contributed by atoms with Gasteiger partial charge in [0.05, 0.1) is 8.95 Å². The Morgan fingerprint density at radius 3 is 2.28 bits per heavy atom. The van der Waals surface area contributed by atoms with E-state index < -0.39 is 0 Å². The molecule has 0 aliphatic heterocycles. The van der Waals surface area contributed by atoms with Gasteiger partial charge >= 0.3 is 0 Å². The van der Waals surface area contributed by atoms with Gasteiger partial charge in [0, 0.05) is 12.6 Å². The maximum Gasteiger partial charge on any atom is 0.147 e. The summed E-state index contributed by atoms with van der Waals surface area (Å²) < 4.78 is 7.70. The van der Waals surface area contributed by atoms with Gasteiger partial charge in [-0.25, -0.2) is 0 Å². The number of halogens is 2. The van der Waals surface area contributed by atoms with Crippen molar-refractivity contribution in [2.24, 2.45) is 5.73 Å². The van der Waals surface area contributed by atoms with Crippen molar-refractivity contribution in [3.63, 3.8) is 0 Å². The predicted molar refractivity (Wildman–Crippen MR) is 83.2 cm³/mol. The zero-order valence-corrected chi connectivity index (χ0v) is 14.2. The zero-order chi connectivity index (χ0) is 13.7. The quantitative estimate of drug-likeness (QED) is 0.825. The van der Waals surface area contributed by atoms with E-state index in [2.05, 4.69) is 48.9 Å². The first kappa shape index (κ1) is 16.0. The first-order valence-electron chi connectivity index (χ1n) is 5.91. The molecule has 1 rings (SSSR count). The average Bonchev–Trinajstić information content (AvgIpc) is 2.20. The van der Waals surface area contributed by atoms with E-state index in [0.717, 1.165) is 27.7 Å². The number of nitrogens with two attached hydrogens (primary N) is 1. The van der Waals surface area contributed by atoms with Crippen molar-refractivity contribution in [3.05, 3.63) is 26.6 Å². The van der Waals surface area contributed by atoms with Crippen LogP contribution in [0.3, 0.4) is 0 Å². The average molecular weight is 380 g/mol. The molecule has 0 fully saturated rings. The van der Waals surface area contributed by atoms with Crippen LogP contribution in [-0.4, -0.2) is 38.2 Å². The van der Waals surface area contributed by atoms with Crippen LogP contribution < -0.4 is 10.5 Å². The number of ether oxygens (including phenoxy) is 1. The third kappa shape index (κ3) is 5.26. The van der Waals surface area contributed by atoms with Gasteiger partial charge in [0.15, 0.2) is 0 Å². The topological polar surface area (TPSA) is 38.5 Å². The first-order valence-corrected chi connectivity index (χ1v) is 7.49. The largest absolute Gasteiger partial charge is 0.490 e. The van der Waals surface area contributed by atoms with E-state index in [9.17, 15) is 0 Å². The number of hydrogen-bond donors (Lipinski definition) is 1. The lowest BCUT2D eigenvalue weighted by Gasteiger charge is -2.15. The molecule has 0 spiro atoms. The van der Waals surface area contributed by atoms with Gasteiger partial charge in [-0.05, 0) is 77.0 Å². The first-order chi connectivity index (χ1) is 8.40. The summed E-state index contributed by atoms with van der Waals surface area (Å²) in [5.74, 6) is 0.852.